The molecule has 2 aromatic carbocycles. The molecule has 0 fully saturated rings. The van der Waals surface area contributed by atoms with Crippen LogP contribution in [0.4, 0.5) is 5.95 Å². The second kappa shape index (κ2) is 7.49. The number of hydrogen-bond acceptors (Lipinski definition) is 6. The van der Waals surface area contributed by atoms with Crippen LogP contribution in [0.25, 0.3) is 33.7 Å². The number of nitrogens with one attached hydrogen (secondary N) is 2. The summed E-state index contributed by atoms with van der Waals surface area (Å²) in [4.78, 5) is 26.1. The molecule has 30 heavy (non-hydrogen) atoms. The molecule has 0 saturated carbocycles. The number of aromatic nitrogens is 5. The minimum atomic E-state index is -0.291. The van der Waals surface area contributed by atoms with Crippen molar-refractivity contribution in [3.8, 4) is 22.8 Å². The normalized spacial score (nSPS) is 11.0. The highest BCUT2D eigenvalue weighted by molar-refractivity contribution is 7.09. The van der Waals surface area contributed by atoms with Crippen LogP contribution in [0.2, 0.25) is 0 Å². The van der Waals surface area contributed by atoms with E-state index in [0.29, 0.717) is 17.1 Å². The van der Waals surface area contributed by atoms with Gasteiger partial charge in [0.15, 0.2) is 5.82 Å². The number of pyridine rings is 1. The molecule has 0 atom stereocenters. The summed E-state index contributed by atoms with van der Waals surface area (Å²) < 4.78 is 0. The topological polar surface area (TPSA) is 96.5 Å². The van der Waals surface area contributed by atoms with E-state index in [9.17, 15) is 4.79 Å². The third-order valence-corrected chi connectivity index (χ3v) is 5.36. The van der Waals surface area contributed by atoms with Crippen molar-refractivity contribution in [1.29, 1.82) is 0 Å². The third-order valence-electron chi connectivity index (χ3n) is 4.59. The van der Waals surface area contributed by atoms with Gasteiger partial charge in [-0.1, -0.05) is 36.4 Å². The largest absolute Gasteiger partial charge is 0.289 e. The maximum absolute atomic E-state index is 12.7. The molecule has 1 amide bonds. The fraction of sp³-hybridized carbons (Fsp3) is 0.0455. The highest BCUT2D eigenvalue weighted by Crippen LogP contribution is 2.23. The molecule has 8 heteroatoms. The van der Waals surface area contributed by atoms with Gasteiger partial charge in [0.1, 0.15) is 5.69 Å². The van der Waals surface area contributed by atoms with Crippen molar-refractivity contribution >= 4 is 34.1 Å². The molecule has 5 aromatic rings. The number of rotatable bonds is 4. The fourth-order valence-corrected chi connectivity index (χ4v) is 3.74. The van der Waals surface area contributed by atoms with Crippen LogP contribution in [0.1, 0.15) is 15.4 Å². The monoisotopic (exact) mass is 412 g/mol. The second-order valence-electron chi connectivity index (χ2n) is 6.68. The fourth-order valence-electron chi connectivity index (χ4n) is 3.12. The Kier molecular flexibility index (Phi) is 4.53. The van der Waals surface area contributed by atoms with Crippen LogP contribution in [0.15, 0.2) is 66.0 Å². The zero-order chi connectivity index (χ0) is 20.5. The van der Waals surface area contributed by atoms with E-state index >= 15 is 0 Å². The van der Waals surface area contributed by atoms with Gasteiger partial charge in [-0.3, -0.25) is 15.2 Å². The summed E-state index contributed by atoms with van der Waals surface area (Å²) in [5.74, 6) is 0.392. The quantitative estimate of drug-likeness (QED) is 0.446. The molecule has 0 saturated heterocycles. The molecular formula is C22H16N6OS. The predicted molar refractivity (Wildman–Crippen MR) is 117 cm³/mol. The Labute approximate surface area is 175 Å². The molecule has 2 N–H and O–H groups in total. The van der Waals surface area contributed by atoms with E-state index in [2.05, 4.69) is 30.5 Å². The van der Waals surface area contributed by atoms with Crippen molar-refractivity contribution in [2.45, 2.75) is 6.92 Å². The minimum absolute atomic E-state index is 0.194. The number of thiazole rings is 1. The summed E-state index contributed by atoms with van der Waals surface area (Å²) in [6.45, 7) is 1.95. The van der Waals surface area contributed by atoms with Crippen molar-refractivity contribution in [2.75, 3.05) is 5.32 Å². The van der Waals surface area contributed by atoms with Crippen LogP contribution in [0.3, 0.4) is 0 Å². The van der Waals surface area contributed by atoms with Gasteiger partial charge in [0.25, 0.3) is 5.91 Å². The predicted octanol–water partition coefficient (Wildman–Crippen LogP) is 4.70. The number of aryl methyl sites for hydroxylation is 1. The van der Waals surface area contributed by atoms with Gasteiger partial charge < -0.3 is 0 Å². The van der Waals surface area contributed by atoms with Crippen molar-refractivity contribution in [3.63, 3.8) is 0 Å². The second-order valence-corrected chi connectivity index (χ2v) is 7.75. The number of fused-ring (bicyclic) bond motifs is 1. The number of amides is 1. The lowest BCUT2D eigenvalue weighted by molar-refractivity contribution is 0.102. The van der Waals surface area contributed by atoms with Crippen LogP contribution in [-0.4, -0.2) is 31.1 Å². The zero-order valence-electron chi connectivity index (χ0n) is 16.0. The molecule has 3 aromatic heterocycles. The summed E-state index contributed by atoms with van der Waals surface area (Å²) in [6, 6.07) is 19.0. The number of nitrogens with zero attached hydrogens (tertiary/aromatic N) is 4. The third kappa shape index (κ3) is 3.56. The Morgan fingerprint density at radius 1 is 0.967 bits per heavy atom. The van der Waals surface area contributed by atoms with Gasteiger partial charge in [-0.2, -0.15) is 4.98 Å². The van der Waals surface area contributed by atoms with E-state index in [4.69, 9.17) is 0 Å². The molecule has 0 aliphatic heterocycles. The van der Waals surface area contributed by atoms with Gasteiger partial charge in [-0.15, -0.1) is 16.4 Å². The number of carbonyl (C=O) groups excluding carboxylic acids is 1. The van der Waals surface area contributed by atoms with E-state index < -0.39 is 0 Å². The van der Waals surface area contributed by atoms with Gasteiger partial charge in [0.05, 0.1) is 16.2 Å². The molecule has 7 nitrogen and oxygen atoms in total. The lowest BCUT2D eigenvalue weighted by Crippen LogP contribution is -2.13. The van der Waals surface area contributed by atoms with Gasteiger partial charge >= 0.3 is 0 Å². The molecule has 0 bridgehead atoms. The summed E-state index contributed by atoms with van der Waals surface area (Å²) in [7, 11) is 0. The van der Waals surface area contributed by atoms with E-state index in [-0.39, 0.29) is 11.9 Å². The number of hydrogen-bond donors (Lipinski definition) is 2. The van der Waals surface area contributed by atoms with Crippen molar-refractivity contribution in [3.05, 3.63) is 76.6 Å². The first-order chi connectivity index (χ1) is 14.7. The van der Waals surface area contributed by atoms with E-state index in [0.717, 1.165) is 27.2 Å². The molecular weight excluding hydrogens is 396 g/mol. The Balaban J connectivity index is 1.36. The zero-order valence-corrected chi connectivity index (χ0v) is 16.8. The van der Waals surface area contributed by atoms with Crippen molar-refractivity contribution < 1.29 is 4.79 Å². The maximum atomic E-state index is 12.7. The first kappa shape index (κ1) is 18.1. The van der Waals surface area contributed by atoms with Crippen LogP contribution < -0.4 is 5.32 Å². The molecule has 0 aliphatic carbocycles. The molecule has 146 valence electrons. The molecule has 5 rings (SSSR count). The summed E-state index contributed by atoms with van der Waals surface area (Å²) in [5, 5.41) is 13.7. The average molecular weight is 412 g/mol. The molecule has 0 unspecified atom stereocenters. The smallest absolute Gasteiger partial charge is 0.258 e. The summed E-state index contributed by atoms with van der Waals surface area (Å²) in [6.07, 6.45) is 0. The number of aromatic amines is 1. The lowest BCUT2D eigenvalue weighted by atomic mass is 10.1. The molecule has 0 spiro atoms. The van der Waals surface area contributed by atoms with Crippen LogP contribution in [0, 0.1) is 6.92 Å². The SMILES string of the molecule is Cc1nc(-c2cccc(C(=O)Nc3n[nH]c(-c4ccc5ccccc5n4)n3)c2)cs1. The number of anilines is 1. The van der Waals surface area contributed by atoms with E-state index in [1.807, 2.05) is 66.9 Å². The van der Waals surface area contributed by atoms with Gasteiger partial charge in [-0.25, -0.2) is 9.97 Å². The Morgan fingerprint density at radius 2 is 1.87 bits per heavy atom. The average Bonchev–Trinajstić information content (AvgIpc) is 3.42. The van der Waals surface area contributed by atoms with Gasteiger partial charge in [0, 0.05) is 21.9 Å². The van der Waals surface area contributed by atoms with Crippen molar-refractivity contribution in [1.82, 2.24) is 25.1 Å². The van der Waals surface area contributed by atoms with E-state index in [1.165, 1.54) is 0 Å². The minimum Gasteiger partial charge on any atom is -0.289 e. The maximum Gasteiger partial charge on any atom is 0.258 e. The number of para-hydroxylation sites is 1. The first-order valence-corrected chi connectivity index (χ1v) is 10.2. The van der Waals surface area contributed by atoms with Gasteiger partial charge in [-0.05, 0) is 31.2 Å². The standard InChI is InChI=1S/C22H16N6OS/c1-13-23-19(12-30-13)15-6-4-7-16(11-15)21(29)26-22-25-20(27-28-22)18-10-9-14-5-2-3-8-17(14)24-18/h2-12H,1H3,(H2,25,26,27,28,29). The van der Waals surface area contributed by atoms with Gasteiger partial charge in [0.2, 0.25) is 5.95 Å². The Hall–Kier alpha value is -3.91. The van der Waals surface area contributed by atoms with E-state index in [1.54, 1.807) is 17.4 Å². The van der Waals surface area contributed by atoms with Crippen LogP contribution in [-0.2, 0) is 0 Å². The van der Waals surface area contributed by atoms with Crippen molar-refractivity contribution in [2.24, 2.45) is 0 Å². The number of H-pyrrole nitrogens is 1. The molecule has 0 aliphatic rings. The highest BCUT2D eigenvalue weighted by atomic mass is 32.1. The first-order valence-electron chi connectivity index (χ1n) is 9.28. The number of benzene rings is 2. The Morgan fingerprint density at radius 3 is 2.73 bits per heavy atom. The number of carbonyl (C=O) groups is 1. The molecule has 0 radical (unpaired) electrons. The Bertz CT molecular complexity index is 1370. The highest BCUT2D eigenvalue weighted by Gasteiger charge is 2.13. The van der Waals surface area contributed by atoms with Crippen LogP contribution >= 0.6 is 11.3 Å². The molecule has 3 heterocycles. The summed E-state index contributed by atoms with van der Waals surface area (Å²) in [5.41, 5.74) is 3.78. The van der Waals surface area contributed by atoms with Crippen LogP contribution in [0.5, 0.6) is 0 Å². The summed E-state index contributed by atoms with van der Waals surface area (Å²) >= 11 is 1.58. The lowest BCUT2D eigenvalue weighted by Gasteiger charge is -2.03.